The van der Waals surface area contributed by atoms with Crippen LogP contribution in [0.5, 0.6) is 0 Å². The first-order valence-electron chi connectivity index (χ1n) is 41.9. The maximum absolute atomic E-state index is 15.2. The quantitative estimate of drug-likeness (QED) is 0.00792. The first-order valence-corrected chi connectivity index (χ1v) is 46.3. The number of carbonyl (C=O) groups is 3. The number of nitrogens with zero attached hydrogens (tertiary/aromatic N) is 3. The van der Waals surface area contributed by atoms with Crippen LogP contribution in [0.15, 0.2) is 120 Å². The average Bonchev–Trinajstić information content (AvgIpc) is 0.910. The van der Waals surface area contributed by atoms with Crippen molar-refractivity contribution in [2.45, 2.75) is 372 Å². The zero-order chi connectivity index (χ0) is 78.7. The van der Waals surface area contributed by atoms with E-state index in [0.29, 0.717) is 25.7 Å². The topological polar surface area (TPSA) is 260 Å². The summed E-state index contributed by atoms with van der Waals surface area (Å²) in [6.07, 6.45) is 17.6. The van der Waals surface area contributed by atoms with Gasteiger partial charge in [0.05, 0.1) is 65.2 Å². The van der Waals surface area contributed by atoms with Gasteiger partial charge in [0.1, 0.15) is 54.8 Å². The van der Waals surface area contributed by atoms with Crippen molar-refractivity contribution in [2.24, 2.45) is 5.11 Å². The van der Waals surface area contributed by atoms with Gasteiger partial charge in [-0.25, -0.2) is 4.57 Å². The second-order valence-corrected chi connectivity index (χ2v) is 38.3. The standard InChI is InChI=1S/C87H135N4O17PSi/c1-9-12-15-18-21-24-27-30-42-55-72(98-61-68-49-38-34-39-50-68)59-78(94)106-84-80(90-91-88)86(108-110(7,8)87(4,5)6)105-75(83(84)99-62-69-51-40-35-41-52-69)66-100-85-79(89-76(92)58-73(56-43-31-28-25-22-19-16-13-10-2)103-77(93)57-44-32-29-26-23-20-17-14-11-3)81(95)82(74(104-85)65-97-60-67-47-36-33-37-48-67)107-109(96)101-63-70-53-45-46-54-71(70)64-102-109/h33-41,45-54,72-75,79-86,95H,9-32,42-44,55-66H2,1-8H3,(H,89,92)/t72-,73-,74-,75-,79-,80-,81-,82-,83-,84-,85-,86+/m1/s1. The van der Waals surface area contributed by atoms with Gasteiger partial charge in [-0.05, 0) is 77.2 Å². The Morgan fingerprint density at radius 2 is 1.03 bits per heavy atom. The molecule has 2 fully saturated rings. The fourth-order valence-corrected chi connectivity index (χ4v) is 16.5. The summed E-state index contributed by atoms with van der Waals surface area (Å²) in [4.78, 5) is 47.5. The lowest BCUT2D eigenvalue weighted by atomic mass is 9.95. The molecular formula is C87H135N4O17PSi. The number of rotatable bonds is 55. The predicted octanol–water partition coefficient (Wildman–Crippen LogP) is 21.0. The van der Waals surface area contributed by atoms with Crippen molar-refractivity contribution in [3.05, 3.63) is 154 Å². The van der Waals surface area contributed by atoms with Crippen LogP contribution >= 0.6 is 7.82 Å². The summed E-state index contributed by atoms with van der Waals surface area (Å²) < 4.78 is 94.6. The molecular weight excluding hydrogens is 1430 g/mol. The molecule has 4 aromatic rings. The van der Waals surface area contributed by atoms with Crippen molar-refractivity contribution in [1.82, 2.24) is 5.32 Å². The number of phosphoric ester groups is 1. The largest absolute Gasteiger partial charge is 0.475 e. The van der Waals surface area contributed by atoms with Crippen LogP contribution in [-0.2, 0) is 108 Å². The van der Waals surface area contributed by atoms with Gasteiger partial charge >= 0.3 is 19.8 Å². The molecule has 2 saturated heterocycles. The van der Waals surface area contributed by atoms with Crippen molar-refractivity contribution in [3.63, 3.8) is 0 Å². The van der Waals surface area contributed by atoms with Crippen LogP contribution in [0.25, 0.3) is 10.4 Å². The number of hydrogen-bond acceptors (Lipinski definition) is 18. The SMILES string of the molecule is CCCCCCCCCCCC(=O)O[C@H](CCCCCCCCCCC)CC(=O)N[C@H]1[C@H](OC[C@H]2O[C@@H](O[Si](C)(C)C(C)(C)C)[C@H](N=[N+]=[N-])[C@@H](OC(=O)C[C@@H](CCCCCCCCCCC)OCc3ccccc3)[C@@H]2OCc2ccccc2)O[C@H](COCc2ccccc2)[C@@H](OP2(=O)OCc3ccccc3CO2)[C@@H]1O. The third kappa shape index (κ3) is 33.6. The summed E-state index contributed by atoms with van der Waals surface area (Å²) in [5, 5.41) is 20.2. The summed E-state index contributed by atoms with van der Waals surface area (Å²) >= 11 is 0. The number of amides is 1. The van der Waals surface area contributed by atoms with Crippen molar-refractivity contribution in [2.75, 3.05) is 13.2 Å². The lowest BCUT2D eigenvalue weighted by Crippen LogP contribution is -2.66. The number of nitrogens with one attached hydrogen (secondary N) is 1. The number of hydrogen-bond donors (Lipinski definition) is 2. The number of fused-ring (bicyclic) bond motifs is 1. The molecule has 23 heteroatoms. The zero-order valence-electron chi connectivity index (χ0n) is 67.7. The van der Waals surface area contributed by atoms with Crippen molar-refractivity contribution in [3.8, 4) is 0 Å². The fourth-order valence-electron chi connectivity index (χ4n) is 14.1. The van der Waals surface area contributed by atoms with Gasteiger partial charge in [0, 0.05) is 11.3 Å². The van der Waals surface area contributed by atoms with Crippen LogP contribution in [0.2, 0.25) is 18.1 Å². The molecule has 3 aliphatic heterocycles. The molecule has 0 aliphatic carbocycles. The minimum atomic E-state index is -4.57. The lowest BCUT2D eigenvalue weighted by molar-refractivity contribution is -0.300. The summed E-state index contributed by atoms with van der Waals surface area (Å²) in [7, 11) is -7.44. The van der Waals surface area contributed by atoms with Gasteiger partial charge in [0.15, 0.2) is 20.9 Å². The van der Waals surface area contributed by atoms with Gasteiger partial charge in [-0.2, -0.15) is 0 Å². The normalized spacial score (nSPS) is 21.9. The van der Waals surface area contributed by atoms with E-state index in [2.05, 4.69) is 56.9 Å². The van der Waals surface area contributed by atoms with Gasteiger partial charge in [-0.3, -0.25) is 28.0 Å². The average molecular weight is 1570 g/mol. The van der Waals surface area contributed by atoms with Crippen LogP contribution < -0.4 is 5.32 Å². The number of ether oxygens (including phenoxy) is 8. The summed E-state index contributed by atoms with van der Waals surface area (Å²) in [5.41, 5.74) is 14.6. The number of carbonyl (C=O) groups excluding carboxylic acids is 3. The third-order valence-electron chi connectivity index (χ3n) is 21.7. The van der Waals surface area contributed by atoms with Crippen LogP contribution in [0.1, 0.15) is 275 Å². The molecule has 7 rings (SSSR count). The third-order valence-corrected chi connectivity index (χ3v) is 27.5. The van der Waals surface area contributed by atoms with Gasteiger partial charge in [0.2, 0.25) is 5.91 Å². The Balaban J connectivity index is 1.23. The van der Waals surface area contributed by atoms with E-state index in [1.54, 1.807) is 0 Å². The molecule has 0 radical (unpaired) electrons. The predicted molar refractivity (Wildman–Crippen MR) is 432 cm³/mol. The Bertz CT molecular complexity index is 3250. The molecule has 4 aromatic carbocycles. The van der Waals surface area contributed by atoms with E-state index in [9.17, 15) is 15.4 Å². The highest BCUT2D eigenvalue weighted by molar-refractivity contribution is 7.48. The van der Waals surface area contributed by atoms with Crippen molar-refractivity contribution in [1.29, 1.82) is 0 Å². The number of phosphoric acid groups is 1. The Labute approximate surface area is 659 Å². The maximum Gasteiger partial charge on any atom is 0.475 e. The molecule has 3 heterocycles. The number of aliphatic hydroxyl groups is 1. The van der Waals surface area contributed by atoms with E-state index < -0.39 is 113 Å². The molecule has 110 heavy (non-hydrogen) atoms. The monoisotopic (exact) mass is 1570 g/mol. The molecule has 0 aromatic heterocycles. The van der Waals surface area contributed by atoms with E-state index in [1.165, 1.54) is 89.9 Å². The number of unbranched alkanes of at least 4 members (excludes halogenated alkanes) is 24. The summed E-state index contributed by atoms with van der Waals surface area (Å²) in [5.74, 6) is -1.60. The minimum Gasteiger partial charge on any atom is -0.462 e. The molecule has 0 saturated carbocycles. The number of benzene rings is 4. The fraction of sp³-hybridized carbons (Fsp3) is 0.690. The smallest absolute Gasteiger partial charge is 0.462 e. The van der Waals surface area contributed by atoms with Crippen LogP contribution in [0, 0.1) is 0 Å². The van der Waals surface area contributed by atoms with E-state index in [0.717, 1.165) is 98.4 Å². The number of aliphatic hydroxyl groups excluding tert-OH is 1. The van der Waals surface area contributed by atoms with E-state index in [1.807, 2.05) is 128 Å². The van der Waals surface area contributed by atoms with Crippen LogP contribution in [0.4, 0.5) is 0 Å². The Hall–Kier alpha value is -5.39. The highest BCUT2D eigenvalue weighted by atomic mass is 31.2. The van der Waals surface area contributed by atoms with Crippen LogP contribution in [-0.4, -0.2) is 118 Å². The number of esters is 2. The number of azide groups is 1. The minimum absolute atomic E-state index is 0.0198. The molecule has 2 N–H and O–H groups in total. The highest BCUT2D eigenvalue weighted by Crippen LogP contribution is 2.55. The summed E-state index contributed by atoms with van der Waals surface area (Å²) in [6, 6.07) is 33.3. The molecule has 614 valence electrons. The molecule has 12 atom stereocenters. The second-order valence-electron chi connectivity index (χ2n) is 31.9. The second kappa shape index (κ2) is 51.4. The van der Waals surface area contributed by atoms with E-state index >= 15 is 14.2 Å². The van der Waals surface area contributed by atoms with Crippen molar-refractivity contribution >= 4 is 34.0 Å². The highest BCUT2D eigenvalue weighted by Gasteiger charge is 2.55. The van der Waals surface area contributed by atoms with Gasteiger partial charge < -0.3 is 52.7 Å². The first kappa shape index (κ1) is 91.8. The molecule has 0 spiro atoms. The first-order chi connectivity index (χ1) is 53.3. The Kier molecular flexibility index (Phi) is 42.9. The van der Waals surface area contributed by atoms with Gasteiger partial charge in [0.25, 0.3) is 0 Å². The van der Waals surface area contributed by atoms with Gasteiger partial charge in [-0.1, -0.05) is 322 Å². The van der Waals surface area contributed by atoms with Crippen LogP contribution in [0.3, 0.4) is 0 Å². The lowest BCUT2D eigenvalue weighted by Gasteiger charge is -2.49. The maximum atomic E-state index is 15.2. The summed E-state index contributed by atoms with van der Waals surface area (Å²) in [6.45, 7) is 16.3. The molecule has 21 nitrogen and oxygen atoms in total. The van der Waals surface area contributed by atoms with E-state index in [4.69, 9.17) is 55.9 Å². The molecule has 3 aliphatic rings. The Morgan fingerprint density at radius 1 is 0.564 bits per heavy atom. The molecule has 0 unspecified atom stereocenters. The van der Waals surface area contributed by atoms with E-state index in [-0.39, 0.29) is 64.9 Å². The molecule has 0 bridgehead atoms. The van der Waals surface area contributed by atoms with Crippen molar-refractivity contribution < 1.29 is 79.9 Å². The Morgan fingerprint density at radius 3 is 1.55 bits per heavy atom. The molecule has 1 amide bonds. The zero-order valence-corrected chi connectivity index (χ0v) is 69.6. The van der Waals surface area contributed by atoms with Gasteiger partial charge in [-0.15, -0.1) is 0 Å².